The maximum absolute atomic E-state index is 12.7. The predicted octanol–water partition coefficient (Wildman–Crippen LogP) is 1.55. The average molecular weight is 419 g/mol. The van der Waals surface area contributed by atoms with Crippen LogP contribution < -0.4 is 15.0 Å². The summed E-state index contributed by atoms with van der Waals surface area (Å²) in [4.78, 5) is 23.3. The van der Waals surface area contributed by atoms with Gasteiger partial charge in [-0.15, -0.1) is 5.10 Å². The third-order valence-corrected chi connectivity index (χ3v) is 5.11. The highest BCUT2D eigenvalue weighted by Gasteiger charge is 2.29. The van der Waals surface area contributed by atoms with E-state index in [0.717, 1.165) is 5.56 Å². The first-order valence-corrected chi connectivity index (χ1v) is 9.50. The number of amides is 1. The number of fused-ring (bicyclic) bond motifs is 1. The van der Waals surface area contributed by atoms with E-state index >= 15 is 0 Å². The molecule has 1 atom stereocenters. The normalized spacial score (nSPS) is 15.5. The van der Waals surface area contributed by atoms with Crippen LogP contribution in [-0.2, 0) is 6.54 Å². The number of aromatic nitrogens is 4. The van der Waals surface area contributed by atoms with Gasteiger partial charge in [0.05, 0.1) is 18.2 Å². The molecule has 0 fully saturated rings. The number of nitriles is 1. The van der Waals surface area contributed by atoms with Gasteiger partial charge in [-0.05, 0) is 29.8 Å². The maximum atomic E-state index is 12.7. The average Bonchev–Trinajstić information content (AvgIpc) is 3.20. The van der Waals surface area contributed by atoms with Crippen molar-refractivity contribution in [2.24, 2.45) is 0 Å². The lowest BCUT2D eigenvalue weighted by Crippen LogP contribution is -2.48. The van der Waals surface area contributed by atoms with Crippen molar-refractivity contribution in [2.75, 3.05) is 18.6 Å². The molecule has 9 nitrogen and oxygen atoms in total. The van der Waals surface area contributed by atoms with Gasteiger partial charge in [0.15, 0.2) is 11.6 Å². The number of carbonyl (C=O) groups is 1. The van der Waals surface area contributed by atoms with Crippen LogP contribution in [0.25, 0.3) is 0 Å². The summed E-state index contributed by atoms with van der Waals surface area (Å²) >= 11 is 5.52. The molecule has 4 rings (SSSR count). The molecule has 1 aromatic carbocycles. The Bertz CT molecular complexity index is 1150. The van der Waals surface area contributed by atoms with E-state index in [1.807, 2.05) is 6.07 Å². The second-order valence-corrected chi connectivity index (χ2v) is 7.06. The number of benzene rings is 1. The summed E-state index contributed by atoms with van der Waals surface area (Å²) in [6.45, 7) is 0.569. The fourth-order valence-electron chi connectivity index (χ4n) is 3.06. The Morgan fingerprint density at radius 1 is 1.37 bits per heavy atom. The van der Waals surface area contributed by atoms with Crippen LogP contribution >= 0.6 is 12.2 Å². The van der Waals surface area contributed by atoms with Crippen molar-refractivity contribution in [1.29, 1.82) is 5.26 Å². The number of nitrogens with one attached hydrogen (secondary N) is 1. The lowest BCUT2D eigenvalue weighted by Gasteiger charge is -2.22. The molecule has 0 spiro atoms. The van der Waals surface area contributed by atoms with Crippen LogP contribution in [0.15, 0.2) is 48.9 Å². The number of anilines is 1. The van der Waals surface area contributed by atoms with Gasteiger partial charge in [0, 0.05) is 13.2 Å². The summed E-state index contributed by atoms with van der Waals surface area (Å²) in [5.41, 5.74) is 1.45. The largest absolute Gasteiger partial charge is 0.487 e. The van der Waals surface area contributed by atoms with E-state index in [-0.39, 0.29) is 12.4 Å². The lowest BCUT2D eigenvalue weighted by atomic mass is 10.1. The zero-order chi connectivity index (χ0) is 21.1. The van der Waals surface area contributed by atoms with Crippen molar-refractivity contribution in [3.8, 4) is 11.8 Å². The van der Waals surface area contributed by atoms with Gasteiger partial charge in [-0.2, -0.15) is 5.26 Å². The van der Waals surface area contributed by atoms with E-state index in [4.69, 9.17) is 22.2 Å². The van der Waals surface area contributed by atoms with Gasteiger partial charge in [-0.3, -0.25) is 4.79 Å². The van der Waals surface area contributed by atoms with Gasteiger partial charge in [0.1, 0.15) is 24.0 Å². The lowest BCUT2D eigenvalue weighted by molar-refractivity contribution is 0.0927. The maximum Gasteiger partial charge on any atom is 0.291 e. The van der Waals surface area contributed by atoms with Gasteiger partial charge < -0.3 is 15.0 Å². The number of hydrogen-bond acceptors (Lipinski definition) is 7. The molecule has 0 bridgehead atoms. The van der Waals surface area contributed by atoms with Crippen molar-refractivity contribution in [3.63, 3.8) is 0 Å². The molecule has 1 aliphatic heterocycles. The second-order valence-electron chi connectivity index (χ2n) is 6.64. The molecular formula is C20H17N7O2S. The predicted molar refractivity (Wildman–Crippen MR) is 112 cm³/mol. The summed E-state index contributed by atoms with van der Waals surface area (Å²) in [6.07, 6.45) is 3.13. The minimum atomic E-state index is -0.536. The Morgan fingerprint density at radius 3 is 3.07 bits per heavy atom. The number of hydrogen-bond donors (Lipinski definition) is 1. The molecule has 0 saturated heterocycles. The quantitative estimate of drug-likeness (QED) is 0.635. The number of carbonyl (C=O) groups excluding carboxylic acids is 1. The highest BCUT2D eigenvalue weighted by molar-refractivity contribution is 7.80. The first-order chi connectivity index (χ1) is 14.5. The molecule has 2 aromatic heterocycles. The number of nitrogens with zero attached hydrogens (tertiary/aromatic N) is 6. The Balaban J connectivity index is 1.44. The molecule has 3 aromatic rings. The minimum absolute atomic E-state index is 0.0248. The van der Waals surface area contributed by atoms with Crippen molar-refractivity contribution >= 4 is 28.9 Å². The Morgan fingerprint density at radius 2 is 2.23 bits per heavy atom. The SMILES string of the molecule is CN1C(=S)C(NC(=O)c2ncn(Cc3cccc(C#N)c3)n2)COc2cccnc21. The zero-order valence-corrected chi connectivity index (χ0v) is 16.8. The summed E-state index contributed by atoms with van der Waals surface area (Å²) in [5.74, 6) is 0.766. The van der Waals surface area contributed by atoms with Crippen LogP contribution in [0.4, 0.5) is 5.82 Å². The molecule has 3 heterocycles. The summed E-state index contributed by atoms with van der Waals surface area (Å²) < 4.78 is 7.31. The standard InChI is InChI=1S/C20H17N7O2S/c1-26-18-16(6-3-7-22-18)29-11-15(20(26)30)24-19(28)17-23-12-27(25-17)10-14-5-2-4-13(8-14)9-21/h2-8,12,15H,10-11H2,1H3,(H,24,28). The number of ether oxygens (including phenoxy) is 1. The molecule has 0 saturated carbocycles. The third-order valence-electron chi connectivity index (χ3n) is 4.55. The Hall–Kier alpha value is -3.84. The van der Waals surface area contributed by atoms with Crippen LogP contribution in [0.3, 0.4) is 0 Å². The molecule has 1 N–H and O–H groups in total. The van der Waals surface area contributed by atoms with E-state index in [0.29, 0.717) is 28.7 Å². The number of pyridine rings is 1. The van der Waals surface area contributed by atoms with Crippen LogP contribution in [0.5, 0.6) is 5.75 Å². The van der Waals surface area contributed by atoms with Crippen molar-refractivity contribution in [1.82, 2.24) is 25.1 Å². The van der Waals surface area contributed by atoms with E-state index in [9.17, 15) is 4.79 Å². The highest BCUT2D eigenvalue weighted by Crippen LogP contribution is 2.27. The molecule has 0 aliphatic carbocycles. The van der Waals surface area contributed by atoms with Gasteiger partial charge >= 0.3 is 0 Å². The van der Waals surface area contributed by atoms with E-state index in [1.54, 1.807) is 53.2 Å². The monoisotopic (exact) mass is 419 g/mol. The molecule has 0 radical (unpaired) electrons. The van der Waals surface area contributed by atoms with E-state index in [2.05, 4.69) is 26.5 Å². The molecule has 150 valence electrons. The second kappa shape index (κ2) is 8.26. The molecule has 1 aliphatic rings. The zero-order valence-electron chi connectivity index (χ0n) is 16.0. The first-order valence-electron chi connectivity index (χ1n) is 9.10. The molecule has 1 unspecified atom stereocenters. The number of rotatable bonds is 4. The number of thiocarbonyl (C=S) groups is 1. The molecular weight excluding hydrogens is 402 g/mol. The van der Waals surface area contributed by atoms with Crippen LogP contribution in [0, 0.1) is 11.3 Å². The van der Waals surface area contributed by atoms with Gasteiger partial charge in [-0.1, -0.05) is 24.4 Å². The van der Waals surface area contributed by atoms with Gasteiger partial charge in [0.2, 0.25) is 5.82 Å². The van der Waals surface area contributed by atoms with Crippen molar-refractivity contribution in [3.05, 3.63) is 65.9 Å². The Labute approximate surface area is 177 Å². The fraction of sp³-hybridized carbons (Fsp3) is 0.200. The third kappa shape index (κ3) is 3.97. The van der Waals surface area contributed by atoms with Gasteiger partial charge in [0.25, 0.3) is 5.91 Å². The molecule has 10 heteroatoms. The summed E-state index contributed by atoms with van der Waals surface area (Å²) in [7, 11) is 1.78. The van der Waals surface area contributed by atoms with Crippen molar-refractivity contribution in [2.45, 2.75) is 12.6 Å². The van der Waals surface area contributed by atoms with E-state index in [1.165, 1.54) is 6.33 Å². The van der Waals surface area contributed by atoms with Gasteiger partial charge in [-0.25, -0.2) is 14.6 Å². The minimum Gasteiger partial charge on any atom is -0.487 e. The summed E-state index contributed by atoms with van der Waals surface area (Å²) in [5, 5.41) is 16.1. The van der Waals surface area contributed by atoms with Crippen LogP contribution in [-0.4, -0.2) is 50.3 Å². The number of likely N-dealkylation sites (N-methyl/N-ethyl adjacent to an activating group) is 1. The Kier molecular flexibility index (Phi) is 5.36. The smallest absolute Gasteiger partial charge is 0.291 e. The molecule has 1 amide bonds. The van der Waals surface area contributed by atoms with Crippen molar-refractivity contribution < 1.29 is 9.53 Å². The fourth-order valence-corrected chi connectivity index (χ4v) is 3.27. The van der Waals surface area contributed by atoms with Crippen LogP contribution in [0.1, 0.15) is 21.7 Å². The first kappa shape index (κ1) is 19.5. The van der Waals surface area contributed by atoms with Crippen LogP contribution in [0.2, 0.25) is 0 Å². The van der Waals surface area contributed by atoms with E-state index < -0.39 is 11.9 Å². The summed E-state index contributed by atoms with van der Waals surface area (Å²) in [6, 6.07) is 12.3. The highest BCUT2D eigenvalue weighted by atomic mass is 32.1. The topological polar surface area (TPSA) is 109 Å². The molecule has 30 heavy (non-hydrogen) atoms.